The van der Waals surface area contributed by atoms with Crippen molar-refractivity contribution in [3.05, 3.63) is 24.3 Å². The lowest BCUT2D eigenvalue weighted by molar-refractivity contribution is 0.385. The van der Waals surface area contributed by atoms with E-state index in [-0.39, 0.29) is 0 Å². The lowest BCUT2D eigenvalue weighted by atomic mass is 10.3. The third-order valence-corrected chi connectivity index (χ3v) is 6.09. The van der Waals surface area contributed by atoms with Gasteiger partial charge >= 0.3 is 0 Å². The predicted molar refractivity (Wildman–Crippen MR) is 63.9 cm³/mol. The van der Waals surface area contributed by atoms with Gasteiger partial charge in [-0.2, -0.15) is 0 Å². The van der Waals surface area contributed by atoms with Crippen molar-refractivity contribution in [2.75, 3.05) is 17.8 Å². The van der Waals surface area contributed by atoms with Crippen molar-refractivity contribution < 1.29 is 4.52 Å². The number of anilines is 1. The Morgan fingerprint density at radius 2 is 2.14 bits per heavy atom. The zero-order valence-corrected chi connectivity index (χ0v) is 10.1. The molecule has 1 aromatic rings. The van der Waals surface area contributed by atoms with Gasteiger partial charge in [0.15, 0.2) is 0 Å². The summed E-state index contributed by atoms with van der Waals surface area (Å²) in [5.41, 5.74) is 1.33. The van der Waals surface area contributed by atoms with E-state index in [1.807, 2.05) is 11.4 Å². The number of benzene rings is 1. The number of para-hydroxylation sites is 1. The Hall–Kier alpha value is -0.240. The molecule has 1 aromatic carbocycles. The second-order valence-electron chi connectivity index (χ2n) is 2.93. The summed E-state index contributed by atoms with van der Waals surface area (Å²) in [4.78, 5) is 1.36. The SMILES string of the molecule is CCOP1Sc2ccccc2N1CC. The molecule has 1 unspecified atom stereocenters. The Morgan fingerprint density at radius 3 is 2.86 bits per heavy atom. The van der Waals surface area contributed by atoms with Gasteiger partial charge in [0.05, 0.1) is 12.3 Å². The smallest absolute Gasteiger partial charge is 0.203 e. The predicted octanol–water partition coefficient (Wildman–Crippen LogP) is 3.88. The van der Waals surface area contributed by atoms with Crippen LogP contribution in [0.5, 0.6) is 0 Å². The van der Waals surface area contributed by atoms with Crippen LogP contribution < -0.4 is 4.67 Å². The van der Waals surface area contributed by atoms with Gasteiger partial charge in [-0.15, -0.1) is 0 Å². The molecule has 1 aliphatic rings. The van der Waals surface area contributed by atoms with Crippen LogP contribution in [-0.4, -0.2) is 13.2 Å². The fourth-order valence-corrected chi connectivity index (χ4v) is 5.55. The Kier molecular flexibility index (Phi) is 3.32. The number of hydrogen-bond donors (Lipinski definition) is 0. The summed E-state index contributed by atoms with van der Waals surface area (Å²) in [6.07, 6.45) is 0. The topological polar surface area (TPSA) is 12.5 Å². The van der Waals surface area contributed by atoms with Gasteiger partial charge in [0.2, 0.25) is 7.50 Å². The summed E-state index contributed by atoms with van der Waals surface area (Å²) in [5, 5.41) is 0. The van der Waals surface area contributed by atoms with Crippen molar-refractivity contribution in [1.29, 1.82) is 0 Å². The fraction of sp³-hybridized carbons (Fsp3) is 0.400. The first-order valence-electron chi connectivity index (χ1n) is 4.84. The van der Waals surface area contributed by atoms with Gasteiger partial charge in [-0.1, -0.05) is 12.1 Å². The Bertz CT molecular complexity index is 321. The van der Waals surface area contributed by atoms with Crippen LogP contribution in [0.3, 0.4) is 0 Å². The normalized spacial score (nSPS) is 19.9. The van der Waals surface area contributed by atoms with Gasteiger partial charge in [-0.05, 0) is 37.4 Å². The molecule has 0 fully saturated rings. The van der Waals surface area contributed by atoms with Crippen LogP contribution in [0.15, 0.2) is 29.2 Å². The summed E-state index contributed by atoms with van der Waals surface area (Å²) in [6, 6.07) is 8.52. The highest BCUT2D eigenvalue weighted by Gasteiger charge is 2.29. The molecule has 0 saturated heterocycles. The second-order valence-corrected chi connectivity index (χ2v) is 6.25. The van der Waals surface area contributed by atoms with E-state index in [9.17, 15) is 0 Å². The average Bonchev–Trinajstić information content (AvgIpc) is 2.55. The summed E-state index contributed by atoms with van der Waals surface area (Å²) >= 11 is 1.86. The largest absolute Gasteiger partial charge is 0.331 e. The Morgan fingerprint density at radius 1 is 1.36 bits per heavy atom. The zero-order chi connectivity index (χ0) is 9.97. The van der Waals surface area contributed by atoms with Crippen LogP contribution in [0.25, 0.3) is 0 Å². The maximum Gasteiger partial charge on any atom is 0.203 e. The minimum Gasteiger partial charge on any atom is -0.331 e. The van der Waals surface area contributed by atoms with Gasteiger partial charge in [0.25, 0.3) is 0 Å². The third-order valence-electron chi connectivity index (χ3n) is 2.06. The molecule has 14 heavy (non-hydrogen) atoms. The summed E-state index contributed by atoms with van der Waals surface area (Å²) in [5.74, 6) is 0. The quantitative estimate of drug-likeness (QED) is 0.727. The number of nitrogens with zero attached hydrogens (tertiary/aromatic N) is 1. The van der Waals surface area contributed by atoms with E-state index >= 15 is 0 Å². The van der Waals surface area contributed by atoms with Crippen LogP contribution in [-0.2, 0) is 4.52 Å². The van der Waals surface area contributed by atoms with E-state index in [1.165, 1.54) is 10.6 Å². The highest BCUT2D eigenvalue weighted by molar-refractivity contribution is 8.55. The van der Waals surface area contributed by atoms with Gasteiger partial charge in [-0.25, -0.2) is 0 Å². The monoisotopic (exact) mass is 227 g/mol. The van der Waals surface area contributed by atoms with Crippen molar-refractivity contribution in [2.24, 2.45) is 0 Å². The molecule has 4 heteroatoms. The van der Waals surface area contributed by atoms with Crippen LogP contribution in [0.4, 0.5) is 5.69 Å². The lowest BCUT2D eigenvalue weighted by Crippen LogP contribution is -2.12. The second kappa shape index (κ2) is 4.52. The standard InChI is InChI=1S/C10H14NOPS/c1-3-11-9-7-5-6-8-10(9)14-13(11)12-4-2/h5-8H,3-4H2,1-2H3. The van der Waals surface area contributed by atoms with Crippen LogP contribution in [0.2, 0.25) is 0 Å². The third kappa shape index (κ3) is 1.77. The van der Waals surface area contributed by atoms with Crippen molar-refractivity contribution in [3.8, 4) is 0 Å². The zero-order valence-electron chi connectivity index (χ0n) is 8.43. The first-order valence-corrected chi connectivity index (χ1v) is 7.47. The number of rotatable bonds is 3. The van der Waals surface area contributed by atoms with Gasteiger partial charge < -0.3 is 9.19 Å². The molecule has 0 saturated carbocycles. The lowest BCUT2D eigenvalue weighted by Gasteiger charge is -2.22. The molecule has 0 bridgehead atoms. The highest BCUT2D eigenvalue weighted by Crippen LogP contribution is 2.66. The van der Waals surface area contributed by atoms with Crippen molar-refractivity contribution in [1.82, 2.24) is 0 Å². The van der Waals surface area contributed by atoms with Crippen LogP contribution >= 0.6 is 18.9 Å². The van der Waals surface area contributed by atoms with E-state index < -0.39 is 7.50 Å². The van der Waals surface area contributed by atoms with Crippen molar-refractivity contribution in [2.45, 2.75) is 18.7 Å². The van der Waals surface area contributed by atoms with Gasteiger partial charge in [0, 0.05) is 11.4 Å². The molecule has 2 rings (SSSR count). The molecule has 0 radical (unpaired) electrons. The maximum absolute atomic E-state index is 5.74. The molecular weight excluding hydrogens is 213 g/mol. The maximum atomic E-state index is 5.74. The van der Waals surface area contributed by atoms with Crippen molar-refractivity contribution >= 4 is 24.6 Å². The van der Waals surface area contributed by atoms with E-state index in [2.05, 4.69) is 42.8 Å². The molecule has 0 amide bonds. The Labute approximate surface area is 90.3 Å². The molecule has 0 spiro atoms. The fourth-order valence-electron chi connectivity index (χ4n) is 1.46. The van der Waals surface area contributed by atoms with Gasteiger partial charge in [0.1, 0.15) is 0 Å². The van der Waals surface area contributed by atoms with E-state index in [4.69, 9.17) is 4.52 Å². The minimum atomic E-state index is -0.486. The summed E-state index contributed by atoms with van der Waals surface area (Å²) < 4.78 is 8.10. The molecular formula is C10H14NOPS. The van der Waals surface area contributed by atoms with E-state index in [0.29, 0.717) is 0 Å². The van der Waals surface area contributed by atoms with Crippen molar-refractivity contribution in [3.63, 3.8) is 0 Å². The van der Waals surface area contributed by atoms with Crippen LogP contribution in [0, 0.1) is 0 Å². The minimum absolute atomic E-state index is 0.486. The molecule has 0 aliphatic carbocycles. The molecule has 1 heterocycles. The first-order chi connectivity index (χ1) is 6.86. The van der Waals surface area contributed by atoms with Gasteiger partial charge in [-0.3, -0.25) is 0 Å². The molecule has 1 aliphatic heterocycles. The Balaban J connectivity index is 2.24. The molecule has 1 atom stereocenters. The molecule has 0 aromatic heterocycles. The highest BCUT2D eigenvalue weighted by atomic mass is 32.7. The molecule has 76 valence electrons. The number of fused-ring (bicyclic) bond motifs is 1. The molecule has 2 nitrogen and oxygen atoms in total. The van der Waals surface area contributed by atoms with E-state index in [0.717, 1.165) is 13.2 Å². The van der Waals surface area contributed by atoms with Crippen LogP contribution in [0.1, 0.15) is 13.8 Å². The average molecular weight is 227 g/mol. The first kappa shape index (κ1) is 10.3. The molecule has 0 N–H and O–H groups in total. The summed E-state index contributed by atoms with van der Waals surface area (Å²) in [6.45, 7) is 6.05. The summed E-state index contributed by atoms with van der Waals surface area (Å²) in [7, 11) is -0.486. The number of hydrogen-bond acceptors (Lipinski definition) is 3. The van der Waals surface area contributed by atoms with E-state index in [1.54, 1.807) is 0 Å².